The van der Waals surface area contributed by atoms with Crippen LogP contribution >= 0.6 is 0 Å². The number of para-hydroxylation sites is 1. The number of rotatable bonds is 6. The van der Waals surface area contributed by atoms with Crippen LogP contribution in [0, 0.1) is 0 Å². The topological polar surface area (TPSA) is 42.1 Å². The van der Waals surface area contributed by atoms with E-state index in [-0.39, 0.29) is 12.0 Å². The second-order valence-corrected chi connectivity index (χ2v) is 5.64. The summed E-state index contributed by atoms with van der Waals surface area (Å²) in [6, 6.07) is 15.3. The summed E-state index contributed by atoms with van der Waals surface area (Å²) in [5.41, 5.74) is 2.59. The molecule has 1 atom stereocenters. The maximum atomic E-state index is 12.7. The van der Waals surface area contributed by atoms with Crippen LogP contribution in [0.5, 0.6) is 5.75 Å². The Kier molecular flexibility index (Phi) is 4.63. The van der Waals surface area contributed by atoms with E-state index in [9.17, 15) is 4.79 Å². The Morgan fingerprint density at radius 3 is 2.65 bits per heavy atom. The third-order valence-corrected chi connectivity index (χ3v) is 3.96. The van der Waals surface area contributed by atoms with Crippen LogP contribution in [0.2, 0.25) is 0 Å². The number of benzene rings is 2. The van der Waals surface area contributed by atoms with Crippen molar-refractivity contribution in [3.63, 3.8) is 0 Å². The molecule has 0 bridgehead atoms. The zero-order valence-corrected chi connectivity index (χ0v) is 13.5. The number of aryl methyl sites for hydroxylation is 1. The Bertz CT molecular complexity index is 680. The fourth-order valence-electron chi connectivity index (χ4n) is 2.44. The smallest absolute Gasteiger partial charge is 0.258 e. The van der Waals surface area contributed by atoms with Gasteiger partial charge in [0.25, 0.3) is 5.91 Å². The van der Waals surface area contributed by atoms with Crippen LogP contribution in [0.3, 0.4) is 0 Å². The molecule has 0 spiro atoms. The van der Waals surface area contributed by atoms with Gasteiger partial charge in [0.15, 0.2) is 0 Å². The highest BCUT2D eigenvalue weighted by atomic mass is 16.6. The fraction of sp³-hybridized carbons (Fsp3) is 0.316. The van der Waals surface area contributed by atoms with Gasteiger partial charge < -0.3 is 14.4 Å². The minimum atomic E-state index is -0.0250. The van der Waals surface area contributed by atoms with Gasteiger partial charge >= 0.3 is 0 Å². The van der Waals surface area contributed by atoms with E-state index in [1.807, 2.05) is 48.5 Å². The lowest BCUT2D eigenvalue weighted by Gasteiger charge is -2.18. The average molecular weight is 311 g/mol. The van der Waals surface area contributed by atoms with E-state index >= 15 is 0 Å². The molecule has 0 saturated carbocycles. The molecule has 120 valence electrons. The molecule has 3 rings (SSSR count). The summed E-state index contributed by atoms with van der Waals surface area (Å²) in [5, 5.41) is 0. The molecule has 0 radical (unpaired) electrons. The number of carbonyl (C=O) groups is 1. The molecule has 1 aliphatic rings. The van der Waals surface area contributed by atoms with Gasteiger partial charge in [-0.3, -0.25) is 4.79 Å². The zero-order chi connectivity index (χ0) is 16.2. The fourth-order valence-corrected chi connectivity index (χ4v) is 2.44. The molecule has 0 N–H and O–H groups in total. The van der Waals surface area contributed by atoms with Crippen molar-refractivity contribution in [2.75, 3.05) is 25.2 Å². The number of epoxide rings is 1. The predicted octanol–water partition coefficient (Wildman–Crippen LogP) is 3.30. The SMILES string of the molecule is CCc1cc(C(=O)N(C)c2ccccc2)ccc1OCC1CO1. The van der Waals surface area contributed by atoms with E-state index < -0.39 is 0 Å². The Balaban J connectivity index is 1.77. The number of hydrogen-bond donors (Lipinski definition) is 0. The molecule has 0 aromatic heterocycles. The van der Waals surface area contributed by atoms with Crippen LogP contribution in [-0.4, -0.2) is 32.3 Å². The first-order valence-electron chi connectivity index (χ1n) is 7.89. The lowest BCUT2D eigenvalue weighted by molar-refractivity contribution is 0.0993. The third kappa shape index (κ3) is 3.71. The third-order valence-electron chi connectivity index (χ3n) is 3.96. The number of ether oxygens (including phenoxy) is 2. The molecule has 2 aromatic carbocycles. The lowest BCUT2D eigenvalue weighted by atomic mass is 10.1. The van der Waals surface area contributed by atoms with Crippen molar-refractivity contribution in [1.82, 2.24) is 0 Å². The molecular formula is C19H21NO3. The molecule has 2 aromatic rings. The minimum absolute atomic E-state index is 0.0250. The van der Waals surface area contributed by atoms with E-state index in [1.165, 1.54) is 0 Å². The Labute approximate surface area is 136 Å². The van der Waals surface area contributed by atoms with Crippen molar-refractivity contribution in [1.29, 1.82) is 0 Å². The highest BCUT2D eigenvalue weighted by Gasteiger charge is 2.23. The number of anilines is 1. The van der Waals surface area contributed by atoms with Crippen LogP contribution in [-0.2, 0) is 11.2 Å². The van der Waals surface area contributed by atoms with Crippen molar-refractivity contribution >= 4 is 11.6 Å². The summed E-state index contributed by atoms with van der Waals surface area (Å²) in [5.74, 6) is 0.810. The van der Waals surface area contributed by atoms with Crippen molar-refractivity contribution in [3.05, 3.63) is 59.7 Å². The standard InChI is InChI=1S/C19H21NO3/c1-3-14-11-15(9-10-18(14)23-13-17-12-22-17)19(21)20(2)16-7-5-4-6-8-16/h4-11,17H,3,12-13H2,1-2H3. The van der Waals surface area contributed by atoms with Gasteiger partial charge in [0, 0.05) is 18.3 Å². The second kappa shape index (κ2) is 6.84. The summed E-state index contributed by atoms with van der Waals surface area (Å²) < 4.78 is 10.9. The molecule has 0 aliphatic carbocycles. The van der Waals surface area contributed by atoms with Gasteiger partial charge in [0.1, 0.15) is 18.5 Å². The maximum absolute atomic E-state index is 12.7. The average Bonchev–Trinajstić information content (AvgIpc) is 3.43. The van der Waals surface area contributed by atoms with Crippen molar-refractivity contribution in [2.24, 2.45) is 0 Å². The van der Waals surface area contributed by atoms with E-state index in [1.54, 1.807) is 11.9 Å². The van der Waals surface area contributed by atoms with Gasteiger partial charge in [-0.15, -0.1) is 0 Å². The normalized spacial score (nSPS) is 16.0. The summed E-state index contributed by atoms with van der Waals surface area (Å²) in [4.78, 5) is 14.3. The van der Waals surface area contributed by atoms with E-state index in [2.05, 4.69) is 6.92 Å². The summed E-state index contributed by atoms with van der Waals surface area (Å²) >= 11 is 0. The minimum Gasteiger partial charge on any atom is -0.491 e. The highest BCUT2D eigenvalue weighted by Crippen LogP contribution is 2.24. The Morgan fingerprint density at radius 1 is 1.26 bits per heavy atom. The highest BCUT2D eigenvalue weighted by molar-refractivity contribution is 6.05. The lowest BCUT2D eigenvalue weighted by Crippen LogP contribution is -2.26. The van der Waals surface area contributed by atoms with Crippen molar-refractivity contribution in [2.45, 2.75) is 19.4 Å². The van der Waals surface area contributed by atoms with Crippen LogP contribution in [0.15, 0.2) is 48.5 Å². The van der Waals surface area contributed by atoms with Gasteiger partial charge in [0.2, 0.25) is 0 Å². The van der Waals surface area contributed by atoms with Crippen LogP contribution in [0.1, 0.15) is 22.8 Å². The van der Waals surface area contributed by atoms with Gasteiger partial charge in [-0.05, 0) is 42.3 Å². The van der Waals surface area contributed by atoms with E-state index in [0.29, 0.717) is 12.2 Å². The summed E-state index contributed by atoms with van der Waals surface area (Å²) in [7, 11) is 1.79. The van der Waals surface area contributed by atoms with Crippen LogP contribution in [0.4, 0.5) is 5.69 Å². The molecule has 1 fully saturated rings. The van der Waals surface area contributed by atoms with Gasteiger partial charge in [-0.2, -0.15) is 0 Å². The first-order valence-corrected chi connectivity index (χ1v) is 7.89. The first kappa shape index (κ1) is 15.6. The summed E-state index contributed by atoms with van der Waals surface area (Å²) in [6.45, 7) is 3.41. The van der Waals surface area contributed by atoms with E-state index in [0.717, 1.165) is 30.0 Å². The molecule has 1 saturated heterocycles. The predicted molar refractivity (Wildman–Crippen MR) is 90.2 cm³/mol. The zero-order valence-electron chi connectivity index (χ0n) is 13.5. The van der Waals surface area contributed by atoms with Crippen LogP contribution < -0.4 is 9.64 Å². The quantitative estimate of drug-likeness (QED) is 0.769. The van der Waals surface area contributed by atoms with E-state index in [4.69, 9.17) is 9.47 Å². The van der Waals surface area contributed by atoms with Crippen LogP contribution in [0.25, 0.3) is 0 Å². The number of carbonyl (C=O) groups excluding carboxylic acids is 1. The number of amides is 1. The number of hydrogen-bond acceptors (Lipinski definition) is 3. The monoisotopic (exact) mass is 311 g/mol. The molecule has 1 amide bonds. The first-order chi connectivity index (χ1) is 11.2. The molecule has 4 heteroatoms. The van der Waals surface area contributed by atoms with Crippen molar-refractivity contribution < 1.29 is 14.3 Å². The Hall–Kier alpha value is -2.33. The van der Waals surface area contributed by atoms with Gasteiger partial charge in [-0.1, -0.05) is 25.1 Å². The second-order valence-electron chi connectivity index (χ2n) is 5.64. The maximum Gasteiger partial charge on any atom is 0.258 e. The van der Waals surface area contributed by atoms with Gasteiger partial charge in [-0.25, -0.2) is 0 Å². The molecule has 1 aliphatic heterocycles. The molecule has 23 heavy (non-hydrogen) atoms. The largest absolute Gasteiger partial charge is 0.491 e. The van der Waals surface area contributed by atoms with Gasteiger partial charge in [0.05, 0.1) is 6.61 Å². The molecule has 1 unspecified atom stereocenters. The molecule has 4 nitrogen and oxygen atoms in total. The Morgan fingerprint density at radius 2 is 2.00 bits per heavy atom. The molecule has 1 heterocycles. The summed E-state index contributed by atoms with van der Waals surface area (Å²) in [6.07, 6.45) is 1.04. The molecular weight excluding hydrogens is 290 g/mol. The number of nitrogens with zero attached hydrogens (tertiary/aromatic N) is 1. The van der Waals surface area contributed by atoms with Crippen molar-refractivity contribution in [3.8, 4) is 5.75 Å².